The highest BCUT2D eigenvalue weighted by molar-refractivity contribution is 6.68. The van der Waals surface area contributed by atoms with Crippen molar-refractivity contribution in [3.05, 3.63) is 57.6 Å². The van der Waals surface area contributed by atoms with Gasteiger partial charge in [0.2, 0.25) is 0 Å². The Bertz CT molecular complexity index is 1050. The van der Waals surface area contributed by atoms with Gasteiger partial charge >= 0.3 is 0 Å². The number of benzene rings is 1. The second-order valence-corrected chi connectivity index (χ2v) is 10.4. The van der Waals surface area contributed by atoms with E-state index in [0.29, 0.717) is 5.76 Å². The number of hydrogen-bond donors (Lipinski definition) is 1. The van der Waals surface area contributed by atoms with E-state index in [2.05, 4.69) is 103 Å². The smallest absolute Gasteiger partial charge is 0.139 e. The summed E-state index contributed by atoms with van der Waals surface area (Å²) in [6.45, 7) is 15.1. The molecule has 33 heavy (non-hydrogen) atoms. The largest absolute Gasteiger partial charge is 0.508 e. The molecule has 0 aromatic heterocycles. The third kappa shape index (κ3) is 6.23. The summed E-state index contributed by atoms with van der Waals surface area (Å²) in [4.78, 5) is 0. The van der Waals surface area contributed by atoms with Gasteiger partial charge in [-0.3, -0.25) is 0 Å². The van der Waals surface area contributed by atoms with E-state index in [1.54, 1.807) is 6.08 Å². The van der Waals surface area contributed by atoms with Gasteiger partial charge in [0.25, 0.3) is 0 Å². The molecule has 166 valence electrons. The number of rotatable bonds is 8. The van der Waals surface area contributed by atoms with Gasteiger partial charge in [0.05, 0.1) is 0 Å². The zero-order valence-electron chi connectivity index (χ0n) is 23.7. The van der Waals surface area contributed by atoms with Crippen molar-refractivity contribution in [2.24, 2.45) is 5.41 Å². The fraction of sp³-hybridized carbons (Fsp3) is 0.333. The minimum atomic E-state index is -0.160. The molecule has 0 unspecified atom stereocenters. The molecule has 0 radical (unpaired) electrons. The van der Waals surface area contributed by atoms with Gasteiger partial charge in [-0.05, 0) is 49.3 Å². The summed E-state index contributed by atoms with van der Waals surface area (Å²) in [5.41, 5.74) is 15.1. The highest BCUT2D eigenvalue weighted by Gasteiger charge is 2.29. The SMILES string of the molecule is BC(=C)/C(B)=C(\CC(C)(C)/C(C)=C(C(/B)=C\CC)\C(O)=C/C)c1c(B)c(B)c(B)c(B)c1B. The topological polar surface area (TPSA) is 20.2 Å². The van der Waals surface area contributed by atoms with Gasteiger partial charge in [-0.25, -0.2) is 0 Å². The first-order valence-corrected chi connectivity index (χ1v) is 12.3. The lowest BCUT2D eigenvalue weighted by Crippen LogP contribution is -2.56. The molecule has 1 aromatic rings. The minimum Gasteiger partial charge on any atom is -0.508 e. The van der Waals surface area contributed by atoms with E-state index >= 15 is 0 Å². The quantitative estimate of drug-likeness (QED) is 0.251. The Hall–Kier alpha value is -1.76. The average molecular weight is 431 g/mol. The van der Waals surface area contributed by atoms with E-state index < -0.39 is 0 Å². The minimum absolute atomic E-state index is 0.160. The van der Waals surface area contributed by atoms with Crippen molar-refractivity contribution in [1.82, 2.24) is 0 Å². The summed E-state index contributed by atoms with van der Waals surface area (Å²) in [5, 5.41) is 10.8. The Morgan fingerprint density at radius 1 is 0.939 bits per heavy atom. The fourth-order valence-electron chi connectivity index (χ4n) is 4.77. The number of aliphatic hydroxyl groups is 1. The second-order valence-electron chi connectivity index (χ2n) is 10.4. The van der Waals surface area contributed by atoms with Crippen LogP contribution < -0.4 is 27.3 Å². The van der Waals surface area contributed by atoms with Gasteiger partial charge in [0.1, 0.15) is 68.5 Å². The van der Waals surface area contributed by atoms with Crippen LogP contribution in [0.15, 0.2) is 52.1 Å². The summed E-state index contributed by atoms with van der Waals surface area (Å²) in [5.74, 6) is 0.360. The van der Waals surface area contributed by atoms with Crippen LogP contribution in [0.2, 0.25) is 0 Å². The highest BCUT2D eigenvalue weighted by atomic mass is 16.3. The maximum atomic E-state index is 10.8. The number of aliphatic hydroxyl groups excluding tert-OH is 1. The molecule has 0 bridgehead atoms. The molecular weight excluding hydrogens is 391 g/mol. The predicted molar refractivity (Wildman–Crippen MR) is 175 cm³/mol. The standard InChI is InChI=1S/C24H40B8O/c1-7-9-14(26)16(15(33)8-2)11(3)24(5,6)10-13(18(27)12(4)25)17-19(28)21(30)23(32)22(31)20(17)29/h8-9,33H,4,7,10,25-32H2,1-3,5-6H3/b14-9+,15-8+,16-11-,18-13-. The molecule has 0 fully saturated rings. The van der Waals surface area contributed by atoms with Crippen LogP contribution in [0, 0.1) is 5.41 Å². The third-order valence-corrected chi connectivity index (χ3v) is 7.84. The van der Waals surface area contributed by atoms with Gasteiger partial charge < -0.3 is 5.11 Å². The third-order valence-electron chi connectivity index (χ3n) is 7.84. The van der Waals surface area contributed by atoms with Crippen LogP contribution >= 0.6 is 0 Å². The van der Waals surface area contributed by atoms with Crippen molar-refractivity contribution >= 4 is 95.7 Å². The molecule has 1 nitrogen and oxygen atoms in total. The zero-order valence-corrected chi connectivity index (χ0v) is 23.7. The van der Waals surface area contributed by atoms with Gasteiger partial charge in [-0.15, -0.1) is 28.4 Å². The van der Waals surface area contributed by atoms with Crippen LogP contribution in [0.5, 0.6) is 0 Å². The van der Waals surface area contributed by atoms with E-state index in [4.69, 9.17) is 0 Å². The predicted octanol–water partition coefficient (Wildman–Crippen LogP) is -4.41. The number of hydrogen-bond acceptors (Lipinski definition) is 1. The highest BCUT2D eigenvalue weighted by Crippen LogP contribution is 2.41. The molecular formula is C24H40B8O. The molecule has 1 aromatic carbocycles. The van der Waals surface area contributed by atoms with Crippen molar-refractivity contribution in [3.8, 4) is 0 Å². The van der Waals surface area contributed by atoms with Crippen molar-refractivity contribution in [3.63, 3.8) is 0 Å². The molecule has 0 amide bonds. The lowest BCUT2D eigenvalue weighted by atomic mass is 9.57. The molecule has 0 heterocycles. The van der Waals surface area contributed by atoms with E-state index in [1.165, 1.54) is 49.5 Å². The summed E-state index contributed by atoms with van der Waals surface area (Å²) in [7, 11) is 17.7. The molecule has 0 spiro atoms. The van der Waals surface area contributed by atoms with Crippen molar-refractivity contribution in [2.45, 2.75) is 47.5 Å². The van der Waals surface area contributed by atoms with Crippen LogP contribution in [0.3, 0.4) is 0 Å². The molecule has 0 aliphatic rings. The summed E-state index contributed by atoms with van der Waals surface area (Å²) >= 11 is 0. The van der Waals surface area contributed by atoms with Crippen LogP contribution in [-0.2, 0) is 0 Å². The van der Waals surface area contributed by atoms with Crippen LogP contribution in [0.1, 0.15) is 53.0 Å². The summed E-state index contributed by atoms with van der Waals surface area (Å²) < 4.78 is 0. The molecule has 0 saturated heterocycles. The van der Waals surface area contributed by atoms with Crippen molar-refractivity contribution < 1.29 is 5.11 Å². The van der Waals surface area contributed by atoms with Crippen molar-refractivity contribution in [1.29, 1.82) is 0 Å². The Balaban J connectivity index is 3.95. The first-order valence-electron chi connectivity index (χ1n) is 12.3. The number of allylic oxidation sites excluding steroid dienone is 7. The van der Waals surface area contributed by atoms with E-state index in [-0.39, 0.29) is 5.41 Å². The maximum Gasteiger partial charge on any atom is 0.139 e. The van der Waals surface area contributed by atoms with Crippen LogP contribution in [-0.4, -0.2) is 67.9 Å². The Morgan fingerprint density at radius 2 is 1.39 bits per heavy atom. The maximum absolute atomic E-state index is 10.8. The lowest BCUT2D eigenvalue weighted by molar-refractivity contribution is 0.409. The zero-order chi connectivity index (χ0) is 25.8. The Kier molecular flexibility index (Phi) is 10.3. The summed E-state index contributed by atoms with van der Waals surface area (Å²) in [6, 6.07) is 0. The van der Waals surface area contributed by atoms with Crippen molar-refractivity contribution in [2.75, 3.05) is 0 Å². The Morgan fingerprint density at radius 3 is 1.79 bits per heavy atom. The summed E-state index contributed by atoms with van der Waals surface area (Å²) in [6.07, 6.45) is 5.83. The van der Waals surface area contributed by atoms with E-state index in [0.717, 1.165) is 29.4 Å². The van der Waals surface area contributed by atoms with E-state index in [1.807, 2.05) is 6.92 Å². The van der Waals surface area contributed by atoms with Gasteiger partial charge in [0.15, 0.2) is 0 Å². The van der Waals surface area contributed by atoms with Gasteiger partial charge in [-0.2, -0.15) is 0 Å². The molecule has 0 aliphatic carbocycles. The fourth-order valence-corrected chi connectivity index (χ4v) is 4.77. The average Bonchev–Trinajstić information content (AvgIpc) is 2.75. The first kappa shape index (κ1) is 29.3. The van der Waals surface area contributed by atoms with Crippen LogP contribution in [0.4, 0.5) is 0 Å². The molecule has 0 aliphatic heterocycles. The Labute approximate surface area is 211 Å². The first-order chi connectivity index (χ1) is 15.1. The van der Waals surface area contributed by atoms with Gasteiger partial charge in [0, 0.05) is 5.57 Å². The molecule has 1 N–H and O–H groups in total. The lowest BCUT2D eigenvalue weighted by Gasteiger charge is -2.33. The second kappa shape index (κ2) is 11.6. The van der Waals surface area contributed by atoms with E-state index in [9.17, 15) is 5.11 Å². The molecule has 0 saturated carbocycles. The normalized spacial score (nSPS) is 14.6. The van der Waals surface area contributed by atoms with Gasteiger partial charge in [-0.1, -0.05) is 54.3 Å². The molecule has 1 rings (SSSR count). The van der Waals surface area contributed by atoms with Crippen LogP contribution in [0.25, 0.3) is 5.57 Å². The molecule has 0 atom stereocenters. The molecule has 9 heteroatoms. The monoisotopic (exact) mass is 432 g/mol.